The molecule has 26 heavy (non-hydrogen) atoms. The number of imide groups is 1. The molecule has 1 aliphatic rings. The Bertz CT molecular complexity index is 1020. The van der Waals surface area contributed by atoms with Gasteiger partial charge >= 0.3 is 6.03 Å². The molecule has 3 aromatic rings. The second kappa shape index (κ2) is 5.95. The fourth-order valence-electron chi connectivity index (χ4n) is 3.31. The molecule has 4 rings (SSSR count). The van der Waals surface area contributed by atoms with Crippen LogP contribution < -0.4 is 5.32 Å². The van der Waals surface area contributed by atoms with Crippen molar-refractivity contribution in [1.29, 1.82) is 0 Å². The van der Waals surface area contributed by atoms with Gasteiger partial charge in [-0.3, -0.25) is 9.69 Å². The van der Waals surface area contributed by atoms with E-state index in [1.165, 1.54) is 17.0 Å². The van der Waals surface area contributed by atoms with Crippen molar-refractivity contribution in [1.82, 2.24) is 10.2 Å². The fourth-order valence-corrected chi connectivity index (χ4v) is 3.31. The summed E-state index contributed by atoms with van der Waals surface area (Å²) < 4.78 is 13.1. The molecule has 0 saturated carbocycles. The lowest BCUT2D eigenvalue weighted by molar-refractivity contribution is -0.131. The van der Waals surface area contributed by atoms with Gasteiger partial charge in [-0.05, 0) is 47.0 Å². The first-order valence-electron chi connectivity index (χ1n) is 8.35. The van der Waals surface area contributed by atoms with Crippen molar-refractivity contribution in [3.63, 3.8) is 0 Å². The molecule has 0 bridgehead atoms. The summed E-state index contributed by atoms with van der Waals surface area (Å²) in [6.07, 6.45) is 0. The predicted octanol–water partition coefficient (Wildman–Crippen LogP) is 3.95. The lowest BCUT2D eigenvalue weighted by atomic mass is 9.90. The molecule has 1 heterocycles. The number of carbonyl (C=O) groups is 2. The fraction of sp³-hybridized carbons (Fsp3) is 0.143. The average Bonchev–Trinajstić information content (AvgIpc) is 2.87. The summed E-state index contributed by atoms with van der Waals surface area (Å²) in [5.74, 6) is -0.672. The van der Waals surface area contributed by atoms with Crippen molar-refractivity contribution in [3.8, 4) is 0 Å². The number of rotatable bonds is 3. The van der Waals surface area contributed by atoms with E-state index >= 15 is 0 Å². The molecule has 1 atom stereocenters. The van der Waals surface area contributed by atoms with Gasteiger partial charge in [0.25, 0.3) is 5.91 Å². The third kappa shape index (κ3) is 2.62. The summed E-state index contributed by atoms with van der Waals surface area (Å²) >= 11 is 0. The Labute approximate surface area is 150 Å². The van der Waals surface area contributed by atoms with Crippen LogP contribution in [-0.2, 0) is 16.9 Å². The SMILES string of the molecule is C[C@@]1(c2ccc3ccccc3c2)NC(=O)N(Cc2ccc(F)cc2)C1=O. The van der Waals surface area contributed by atoms with Gasteiger partial charge in [0, 0.05) is 0 Å². The Morgan fingerprint density at radius 3 is 2.38 bits per heavy atom. The summed E-state index contributed by atoms with van der Waals surface area (Å²) in [6, 6.07) is 18.9. The highest BCUT2D eigenvalue weighted by molar-refractivity contribution is 6.07. The molecule has 1 saturated heterocycles. The summed E-state index contributed by atoms with van der Waals surface area (Å²) in [5.41, 5.74) is 0.301. The minimum absolute atomic E-state index is 0.105. The first kappa shape index (κ1) is 16.3. The topological polar surface area (TPSA) is 49.4 Å². The number of hydrogen-bond donors (Lipinski definition) is 1. The first-order valence-corrected chi connectivity index (χ1v) is 8.35. The van der Waals surface area contributed by atoms with E-state index in [1.807, 2.05) is 42.5 Å². The van der Waals surface area contributed by atoms with Crippen LogP contribution >= 0.6 is 0 Å². The molecule has 0 spiro atoms. The third-order valence-corrected chi connectivity index (χ3v) is 4.86. The maximum atomic E-state index is 13.1. The van der Waals surface area contributed by atoms with E-state index in [0.717, 1.165) is 16.3 Å². The van der Waals surface area contributed by atoms with Gasteiger partial charge in [-0.2, -0.15) is 0 Å². The number of halogens is 1. The van der Waals surface area contributed by atoms with Gasteiger partial charge < -0.3 is 5.32 Å². The van der Waals surface area contributed by atoms with Crippen molar-refractivity contribution in [2.75, 3.05) is 0 Å². The zero-order chi connectivity index (χ0) is 18.3. The van der Waals surface area contributed by atoms with Gasteiger partial charge in [-0.15, -0.1) is 0 Å². The number of urea groups is 1. The highest BCUT2D eigenvalue weighted by Crippen LogP contribution is 2.31. The van der Waals surface area contributed by atoms with Crippen LogP contribution in [0.3, 0.4) is 0 Å². The molecule has 0 aromatic heterocycles. The van der Waals surface area contributed by atoms with Crippen LogP contribution in [0.2, 0.25) is 0 Å². The maximum Gasteiger partial charge on any atom is 0.325 e. The summed E-state index contributed by atoms with van der Waals surface area (Å²) in [5, 5.41) is 4.88. The zero-order valence-corrected chi connectivity index (χ0v) is 14.2. The van der Waals surface area contributed by atoms with E-state index in [-0.39, 0.29) is 18.3 Å². The maximum absolute atomic E-state index is 13.1. The largest absolute Gasteiger partial charge is 0.325 e. The normalized spacial score (nSPS) is 19.8. The Morgan fingerprint density at radius 2 is 1.65 bits per heavy atom. The Morgan fingerprint density at radius 1 is 0.962 bits per heavy atom. The Balaban J connectivity index is 1.66. The molecule has 1 fully saturated rings. The van der Waals surface area contributed by atoms with E-state index in [1.54, 1.807) is 19.1 Å². The molecule has 5 heteroatoms. The van der Waals surface area contributed by atoms with Gasteiger partial charge in [0.1, 0.15) is 11.4 Å². The van der Waals surface area contributed by atoms with Crippen LogP contribution in [0, 0.1) is 5.82 Å². The molecule has 0 radical (unpaired) electrons. The van der Waals surface area contributed by atoms with Crippen molar-refractivity contribution < 1.29 is 14.0 Å². The van der Waals surface area contributed by atoms with Gasteiger partial charge in [-0.25, -0.2) is 9.18 Å². The predicted molar refractivity (Wildman–Crippen MR) is 96.8 cm³/mol. The van der Waals surface area contributed by atoms with Crippen LogP contribution in [0.1, 0.15) is 18.1 Å². The van der Waals surface area contributed by atoms with E-state index in [4.69, 9.17) is 0 Å². The zero-order valence-electron chi connectivity index (χ0n) is 14.2. The van der Waals surface area contributed by atoms with Crippen molar-refractivity contribution in [2.45, 2.75) is 19.0 Å². The van der Waals surface area contributed by atoms with Gasteiger partial charge in [0.05, 0.1) is 6.54 Å². The van der Waals surface area contributed by atoms with Crippen LogP contribution in [0.5, 0.6) is 0 Å². The third-order valence-electron chi connectivity index (χ3n) is 4.86. The number of carbonyl (C=O) groups excluding carboxylic acids is 2. The quantitative estimate of drug-likeness (QED) is 0.729. The van der Waals surface area contributed by atoms with Gasteiger partial charge in [0.2, 0.25) is 0 Å². The van der Waals surface area contributed by atoms with Crippen LogP contribution in [0.4, 0.5) is 9.18 Å². The van der Waals surface area contributed by atoms with Crippen molar-refractivity contribution in [3.05, 3.63) is 83.7 Å². The second-order valence-corrected chi connectivity index (χ2v) is 6.63. The number of fused-ring (bicyclic) bond motifs is 1. The molecule has 3 amide bonds. The minimum Gasteiger partial charge on any atom is -0.319 e. The van der Waals surface area contributed by atoms with Gasteiger partial charge in [-0.1, -0.05) is 48.5 Å². The number of benzene rings is 3. The number of amides is 3. The van der Waals surface area contributed by atoms with Crippen LogP contribution in [-0.4, -0.2) is 16.8 Å². The van der Waals surface area contributed by atoms with Crippen LogP contribution in [0.25, 0.3) is 10.8 Å². The molecule has 1 aliphatic heterocycles. The molecule has 0 aliphatic carbocycles. The highest BCUT2D eigenvalue weighted by Gasteiger charge is 2.48. The van der Waals surface area contributed by atoms with E-state index < -0.39 is 11.6 Å². The van der Waals surface area contributed by atoms with Crippen LogP contribution in [0.15, 0.2) is 66.7 Å². The van der Waals surface area contributed by atoms with Crippen molar-refractivity contribution in [2.24, 2.45) is 0 Å². The highest BCUT2D eigenvalue weighted by atomic mass is 19.1. The second-order valence-electron chi connectivity index (χ2n) is 6.63. The molecule has 130 valence electrons. The average molecular weight is 348 g/mol. The lowest BCUT2D eigenvalue weighted by Gasteiger charge is -2.22. The van der Waals surface area contributed by atoms with Gasteiger partial charge in [0.15, 0.2) is 0 Å². The monoisotopic (exact) mass is 348 g/mol. The summed E-state index contributed by atoms with van der Waals surface area (Å²) in [4.78, 5) is 26.6. The number of nitrogens with zero attached hydrogens (tertiary/aromatic N) is 1. The summed E-state index contributed by atoms with van der Waals surface area (Å²) in [6.45, 7) is 1.82. The molecule has 1 N–H and O–H groups in total. The Kier molecular flexibility index (Phi) is 3.72. The number of hydrogen-bond acceptors (Lipinski definition) is 2. The number of nitrogens with one attached hydrogen (secondary N) is 1. The Hall–Kier alpha value is -3.21. The van der Waals surface area contributed by atoms with E-state index in [2.05, 4.69) is 5.32 Å². The smallest absolute Gasteiger partial charge is 0.319 e. The molecule has 3 aromatic carbocycles. The van der Waals surface area contributed by atoms with E-state index in [9.17, 15) is 14.0 Å². The molecule has 4 nitrogen and oxygen atoms in total. The standard InChI is InChI=1S/C21H17FN2O2/c1-21(17-9-8-15-4-2-3-5-16(15)12-17)19(25)24(20(26)23-21)13-14-6-10-18(22)11-7-14/h2-12H,13H2,1H3,(H,23,26)/t21-/m0/s1. The summed E-state index contributed by atoms with van der Waals surface area (Å²) in [7, 11) is 0. The van der Waals surface area contributed by atoms with E-state index in [0.29, 0.717) is 5.56 Å². The first-order chi connectivity index (χ1) is 12.5. The molecule has 0 unspecified atom stereocenters. The molecular weight excluding hydrogens is 331 g/mol. The molecular formula is C21H17FN2O2. The lowest BCUT2D eigenvalue weighted by Crippen LogP contribution is -2.40. The minimum atomic E-state index is -1.12. The van der Waals surface area contributed by atoms with Crippen molar-refractivity contribution >= 4 is 22.7 Å².